The number of benzene rings is 2. The van der Waals surface area contributed by atoms with Crippen molar-refractivity contribution in [3.63, 3.8) is 0 Å². The molecule has 0 atom stereocenters. The van der Waals surface area contributed by atoms with Gasteiger partial charge in [-0.1, -0.05) is 23.7 Å². The lowest BCUT2D eigenvalue weighted by Gasteiger charge is -2.11. The van der Waals surface area contributed by atoms with Crippen LogP contribution in [0.25, 0.3) is 10.6 Å². The molecule has 0 radical (unpaired) electrons. The Morgan fingerprint density at radius 1 is 1.11 bits per heavy atom. The topological polar surface area (TPSA) is 77.5 Å². The molecule has 28 heavy (non-hydrogen) atoms. The fraction of sp³-hybridized carbons (Fsp3) is 0.211. The Labute approximate surface area is 173 Å². The van der Waals surface area contributed by atoms with E-state index in [4.69, 9.17) is 21.1 Å². The van der Waals surface area contributed by atoms with Crippen LogP contribution in [0.3, 0.4) is 0 Å². The quantitative estimate of drug-likeness (QED) is 0.575. The van der Waals surface area contributed by atoms with Crippen LogP contribution in [-0.2, 0) is 16.4 Å². The minimum atomic E-state index is -3.75. The first-order valence-corrected chi connectivity index (χ1v) is 11.1. The number of halogens is 1. The lowest BCUT2D eigenvalue weighted by atomic mass is 10.2. The van der Waals surface area contributed by atoms with Gasteiger partial charge in [0.1, 0.15) is 21.4 Å². The third-order valence-corrected chi connectivity index (χ3v) is 6.65. The molecule has 0 saturated carbocycles. The summed E-state index contributed by atoms with van der Waals surface area (Å²) in [6.07, 6.45) is 0.468. The second-order valence-corrected chi connectivity index (χ2v) is 8.85. The van der Waals surface area contributed by atoms with Crippen LogP contribution in [0.4, 0.5) is 0 Å². The monoisotopic (exact) mass is 438 g/mol. The second-order valence-electron chi connectivity index (χ2n) is 5.82. The zero-order valence-corrected chi connectivity index (χ0v) is 17.7. The first kappa shape index (κ1) is 20.6. The molecule has 0 spiro atoms. The summed E-state index contributed by atoms with van der Waals surface area (Å²) in [4.78, 5) is 4.60. The van der Waals surface area contributed by atoms with Crippen LogP contribution >= 0.6 is 22.9 Å². The minimum Gasteiger partial charge on any atom is -0.497 e. The summed E-state index contributed by atoms with van der Waals surface area (Å²) in [5.74, 6) is 0.695. The first-order valence-electron chi connectivity index (χ1n) is 8.35. The molecular formula is C19H19ClN2O4S2. The second kappa shape index (κ2) is 8.91. The van der Waals surface area contributed by atoms with E-state index < -0.39 is 10.0 Å². The summed E-state index contributed by atoms with van der Waals surface area (Å²) in [7, 11) is -0.847. The third-order valence-electron chi connectivity index (χ3n) is 3.98. The molecular weight excluding hydrogens is 420 g/mol. The van der Waals surface area contributed by atoms with Crippen molar-refractivity contribution >= 4 is 33.0 Å². The highest BCUT2D eigenvalue weighted by Crippen LogP contribution is 2.28. The molecule has 6 nitrogen and oxygen atoms in total. The average molecular weight is 439 g/mol. The molecule has 9 heteroatoms. The Morgan fingerprint density at radius 3 is 2.54 bits per heavy atom. The predicted molar refractivity (Wildman–Crippen MR) is 111 cm³/mol. The van der Waals surface area contributed by atoms with E-state index in [2.05, 4.69) is 9.71 Å². The maximum Gasteiger partial charge on any atom is 0.244 e. The highest BCUT2D eigenvalue weighted by molar-refractivity contribution is 7.89. The number of nitrogens with one attached hydrogen (secondary N) is 1. The maximum absolute atomic E-state index is 12.7. The molecule has 0 aliphatic carbocycles. The molecule has 1 N–H and O–H groups in total. The van der Waals surface area contributed by atoms with Gasteiger partial charge < -0.3 is 9.47 Å². The molecule has 0 amide bonds. The molecule has 2 aromatic carbocycles. The van der Waals surface area contributed by atoms with E-state index in [9.17, 15) is 8.42 Å². The Kier molecular flexibility index (Phi) is 6.56. The zero-order chi connectivity index (χ0) is 20.1. The summed E-state index contributed by atoms with van der Waals surface area (Å²) < 4.78 is 38.2. The Bertz CT molecular complexity index is 1050. The van der Waals surface area contributed by atoms with Crippen molar-refractivity contribution in [2.45, 2.75) is 11.3 Å². The third kappa shape index (κ3) is 4.82. The molecule has 3 rings (SSSR count). The van der Waals surface area contributed by atoms with Gasteiger partial charge in [-0.15, -0.1) is 11.3 Å². The van der Waals surface area contributed by atoms with Crippen molar-refractivity contribution < 1.29 is 17.9 Å². The highest BCUT2D eigenvalue weighted by Gasteiger charge is 2.20. The normalized spacial score (nSPS) is 11.4. The maximum atomic E-state index is 12.7. The van der Waals surface area contributed by atoms with Gasteiger partial charge in [-0.05, 0) is 24.3 Å². The zero-order valence-electron chi connectivity index (χ0n) is 15.3. The Morgan fingerprint density at radius 2 is 1.86 bits per heavy atom. The molecule has 0 fully saturated rings. The number of hydrogen-bond acceptors (Lipinski definition) is 6. The standard InChI is InChI=1S/C19H19ClN2O4S2/c1-25-16-7-8-17(26-2)18(11-16)28(23,24)21-10-9-15-12-27-19(22-15)13-3-5-14(20)6-4-13/h3-8,11-12,21H,9-10H2,1-2H3. The fourth-order valence-corrected chi connectivity index (χ4v) is 4.73. The van der Waals surface area contributed by atoms with Gasteiger partial charge in [-0.2, -0.15) is 0 Å². The van der Waals surface area contributed by atoms with Gasteiger partial charge in [0, 0.05) is 35.0 Å². The number of rotatable bonds is 8. The van der Waals surface area contributed by atoms with Crippen molar-refractivity contribution in [1.29, 1.82) is 0 Å². The molecule has 0 aliphatic rings. The summed E-state index contributed by atoms with van der Waals surface area (Å²) in [5.41, 5.74) is 1.79. The van der Waals surface area contributed by atoms with Crippen molar-refractivity contribution in [3.05, 3.63) is 58.6 Å². The fourth-order valence-electron chi connectivity index (χ4n) is 2.53. The number of thiazole rings is 1. The smallest absolute Gasteiger partial charge is 0.244 e. The van der Waals surface area contributed by atoms with E-state index in [0.717, 1.165) is 16.3 Å². The van der Waals surface area contributed by atoms with E-state index in [0.29, 0.717) is 17.2 Å². The SMILES string of the molecule is COc1ccc(OC)c(S(=O)(=O)NCCc2csc(-c3ccc(Cl)cc3)n2)c1. The van der Waals surface area contributed by atoms with Crippen LogP contribution in [-0.4, -0.2) is 34.2 Å². The molecule has 1 aromatic heterocycles. The largest absolute Gasteiger partial charge is 0.497 e. The molecule has 1 heterocycles. The minimum absolute atomic E-state index is 0.0366. The van der Waals surface area contributed by atoms with E-state index in [1.165, 1.54) is 31.6 Å². The van der Waals surface area contributed by atoms with Gasteiger partial charge in [-0.3, -0.25) is 0 Å². The number of sulfonamides is 1. The van der Waals surface area contributed by atoms with Gasteiger partial charge in [0.15, 0.2) is 0 Å². The van der Waals surface area contributed by atoms with Crippen LogP contribution in [0.1, 0.15) is 5.69 Å². The molecule has 0 unspecified atom stereocenters. The summed E-state index contributed by atoms with van der Waals surface area (Å²) >= 11 is 7.41. The lowest BCUT2D eigenvalue weighted by molar-refractivity contribution is 0.392. The average Bonchev–Trinajstić information content (AvgIpc) is 3.16. The Balaban J connectivity index is 1.67. The van der Waals surface area contributed by atoms with Crippen LogP contribution in [0.5, 0.6) is 11.5 Å². The Hall–Kier alpha value is -2.13. The van der Waals surface area contributed by atoms with Crippen molar-refractivity contribution in [2.24, 2.45) is 0 Å². The van der Waals surface area contributed by atoms with Gasteiger partial charge >= 0.3 is 0 Å². The number of nitrogens with zero attached hydrogens (tertiary/aromatic N) is 1. The van der Waals surface area contributed by atoms with E-state index >= 15 is 0 Å². The van der Waals surface area contributed by atoms with E-state index in [-0.39, 0.29) is 17.2 Å². The van der Waals surface area contributed by atoms with E-state index in [1.54, 1.807) is 12.1 Å². The van der Waals surface area contributed by atoms with Crippen LogP contribution < -0.4 is 14.2 Å². The number of aromatic nitrogens is 1. The highest BCUT2D eigenvalue weighted by atomic mass is 35.5. The van der Waals surface area contributed by atoms with Crippen LogP contribution in [0.2, 0.25) is 5.02 Å². The van der Waals surface area contributed by atoms with E-state index in [1.807, 2.05) is 29.6 Å². The molecule has 148 valence electrons. The van der Waals surface area contributed by atoms with Crippen molar-refractivity contribution in [1.82, 2.24) is 9.71 Å². The predicted octanol–water partition coefficient (Wildman–Crippen LogP) is 4.00. The summed E-state index contributed by atoms with van der Waals surface area (Å²) in [6, 6.07) is 12.1. The van der Waals surface area contributed by atoms with Gasteiger partial charge in [-0.25, -0.2) is 18.1 Å². The first-order chi connectivity index (χ1) is 13.4. The van der Waals surface area contributed by atoms with Gasteiger partial charge in [0.05, 0.1) is 19.9 Å². The van der Waals surface area contributed by atoms with Crippen LogP contribution in [0.15, 0.2) is 52.7 Å². The van der Waals surface area contributed by atoms with Crippen molar-refractivity contribution in [3.8, 4) is 22.1 Å². The molecule has 0 saturated heterocycles. The number of methoxy groups -OCH3 is 2. The number of ether oxygens (including phenoxy) is 2. The lowest BCUT2D eigenvalue weighted by Crippen LogP contribution is -2.26. The van der Waals surface area contributed by atoms with Crippen LogP contribution in [0, 0.1) is 0 Å². The molecule has 0 bridgehead atoms. The van der Waals surface area contributed by atoms with Crippen molar-refractivity contribution in [2.75, 3.05) is 20.8 Å². The number of hydrogen-bond donors (Lipinski definition) is 1. The summed E-state index contributed by atoms with van der Waals surface area (Å²) in [5, 5.41) is 3.46. The van der Waals surface area contributed by atoms with Gasteiger partial charge in [0.25, 0.3) is 0 Å². The van der Waals surface area contributed by atoms with Gasteiger partial charge in [0.2, 0.25) is 10.0 Å². The molecule has 3 aromatic rings. The molecule has 0 aliphatic heterocycles. The summed E-state index contributed by atoms with van der Waals surface area (Å²) in [6.45, 7) is 0.215.